The van der Waals surface area contributed by atoms with Gasteiger partial charge in [-0.05, 0) is 37.1 Å². The van der Waals surface area contributed by atoms with Gasteiger partial charge in [-0.25, -0.2) is 0 Å². The van der Waals surface area contributed by atoms with Gasteiger partial charge in [0, 0.05) is 18.3 Å². The largest absolute Gasteiger partial charge is 0.399 e. The Labute approximate surface area is 111 Å². The molecule has 102 valence electrons. The second-order valence-corrected chi connectivity index (χ2v) is 6.17. The second kappa shape index (κ2) is 5.72. The summed E-state index contributed by atoms with van der Waals surface area (Å²) in [5.74, 6) is 0. The van der Waals surface area contributed by atoms with E-state index in [-0.39, 0.29) is 5.41 Å². The smallest absolute Gasteiger partial charge is 0.0917 e. The lowest BCUT2D eigenvalue weighted by Crippen LogP contribution is -2.41. The lowest BCUT2D eigenvalue weighted by Gasteiger charge is -2.36. The van der Waals surface area contributed by atoms with E-state index < -0.39 is 6.10 Å². The molecule has 0 saturated heterocycles. The van der Waals surface area contributed by atoms with Crippen LogP contribution in [0.2, 0.25) is 0 Å². The molecule has 0 spiro atoms. The number of rotatable bonds is 4. The molecule has 0 saturated carbocycles. The van der Waals surface area contributed by atoms with Gasteiger partial charge in [0.25, 0.3) is 0 Å². The first-order chi connectivity index (χ1) is 8.21. The number of likely N-dealkylation sites (N-methyl/N-ethyl adjacent to an activating group) is 1. The van der Waals surface area contributed by atoms with E-state index in [2.05, 4.69) is 32.6 Å². The third-order valence-corrected chi connectivity index (χ3v) is 3.67. The molecule has 18 heavy (non-hydrogen) atoms. The average Bonchev–Trinajstić information content (AvgIpc) is 2.26. The van der Waals surface area contributed by atoms with Crippen LogP contribution in [0.4, 0.5) is 5.69 Å². The number of nitrogens with two attached hydrogens (primary N) is 1. The minimum atomic E-state index is -0.497. The summed E-state index contributed by atoms with van der Waals surface area (Å²) in [4.78, 5) is 2.19. The van der Waals surface area contributed by atoms with Gasteiger partial charge in [0.05, 0.1) is 6.10 Å². The van der Waals surface area contributed by atoms with E-state index in [9.17, 15) is 5.11 Å². The molecule has 3 heteroatoms. The molecule has 3 nitrogen and oxygen atoms in total. The molecule has 0 heterocycles. The van der Waals surface area contributed by atoms with E-state index in [1.807, 2.05) is 31.3 Å². The van der Waals surface area contributed by atoms with Crippen molar-refractivity contribution in [1.82, 2.24) is 4.90 Å². The number of hydrogen-bond donors (Lipinski definition) is 2. The maximum Gasteiger partial charge on any atom is 0.0917 e. The van der Waals surface area contributed by atoms with Crippen LogP contribution in [0.1, 0.15) is 39.4 Å². The molecular weight excluding hydrogens is 224 g/mol. The number of benzene rings is 1. The first kappa shape index (κ1) is 15.0. The molecule has 1 aromatic rings. The highest BCUT2D eigenvalue weighted by Crippen LogP contribution is 2.25. The quantitative estimate of drug-likeness (QED) is 0.808. The Morgan fingerprint density at radius 3 is 2.44 bits per heavy atom. The Morgan fingerprint density at radius 2 is 1.94 bits per heavy atom. The Bertz CT molecular complexity index is 384. The van der Waals surface area contributed by atoms with Crippen LogP contribution in [0.15, 0.2) is 24.3 Å². The maximum atomic E-state index is 10.2. The summed E-state index contributed by atoms with van der Waals surface area (Å²) in [6.45, 7) is 9.43. The fraction of sp³-hybridized carbons (Fsp3) is 0.600. The fourth-order valence-electron chi connectivity index (χ4n) is 1.96. The van der Waals surface area contributed by atoms with Crippen molar-refractivity contribution in [3.05, 3.63) is 29.8 Å². The summed E-state index contributed by atoms with van der Waals surface area (Å²) in [5, 5.41) is 10.2. The summed E-state index contributed by atoms with van der Waals surface area (Å²) >= 11 is 0. The molecule has 0 aliphatic carbocycles. The van der Waals surface area contributed by atoms with E-state index in [1.54, 1.807) is 0 Å². The van der Waals surface area contributed by atoms with Crippen molar-refractivity contribution in [1.29, 1.82) is 0 Å². The van der Waals surface area contributed by atoms with Crippen LogP contribution < -0.4 is 5.73 Å². The molecule has 0 amide bonds. The van der Waals surface area contributed by atoms with Gasteiger partial charge in [-0.1, -0.05) is 32.9 Å². The topological polar surface area (TPSA) is 49.5 Å². The summed E-state index contributed by atoms with van der Waals surface area (Å²) in [6, 6.07) is 7.85. The minimum Gasteiger partial charge on any atom is -0.399 e. The Morgan fingerprint density at radius 1 is 1.33 bits per heavy atom. The predicted molar refractivity (Wildman–Crippen MR) is 77.4 cm³/mol. The molecule has 1 rings (SSSR count). The Hall–Kier alpha value is -1.06. The number of aliphatic hydroxyl groups excluding tert-OH is 1. The van der Waals surface area contributed by atoms with E-state index in [4.69, 9.17) is 5.73 Å². The Balaban J connectivity index is 2.68. The van der Waals surface area contributed by atoms with Crippen molar-refractivity contribution in [2.45, 2.75) is 39.8 Å². The Kier molecular flexibility index (Phi) is 4.77. The SMILES string of the molecule is CC(N(C)CC(O)c1cccc(N)c1)C(C)(C)C. The van der Waals surface area contributed by atoms with Crippen molar-refractivity contribution >= 4 is 5.69 Å². The van der Waals surface area contributed by atoms with E-state index in [1.165, 1.54) is 0 Å². The van der Waals surface area contributed by atoms with Gasteiger partial charge in [-0.15, -0.1) is 0 Å². The molecule has 2 atom stereocenters. The fourth-order valence-corrected chi connectivity index (χ4v) is 1.96. The van der Waals surface area contributed by atoms with Crippen LogP contribution in [-0.2, 0) is 0 Å². The molecule has 0 aliphatic rings. The van der Waals surface area contributed by atoms with Crippen molar-refractivity contribution in [3.8, 4) is 0 Å². The van der Waals surface area contributed by atoms with Crippen LogP contribution in [0.3, 0.4) is 0 Å². The summed E-state index contributed by atoms with van der Waals surface area (Å²) in [5.41, 5.74) is 7.50. The average molecular weight is 250 g/mol. The number of nitrogen functional groups attached to an aromatic ring is 1. The minimum absolute atomic E-state index is 0.199. The van der Waals surface area contributed by atoms with Crippen molar-refractivity contribution in [3.63, 3.8) is 0 Å². The van der Waals surface area contributed by atoms with Gasteiger partial charge >= 0.3 is 0 Å². The highest BCUT2D eigenvalue weighted by Gasteiger charge is 2.25. The molecule has 0 radical (unpaired) electrons. The van der Waals surface area contributed by atoms with E-state index >= 15 is 0 Å². The zero-order valence-electron chi connectivity index (χ0n) is 12.1. The first-order valence-corrected chi connectivity index (χ1v) is 6.45. The van der Waals surface area contributed by atoms with Gasteiger partial charge in [0.15, 0.2) is 0 Å². The maximum absolute atomic E-state index is 10.2. The molecule has 3 N–H and O–H groups in total. The summed E-state index contributed by atoms with van der Waals surface area (Å²) < 4.78 is 0. The second-order valence-electron chi connectivity index (χ2n) is 6.17. The first-order valence-electron chi connectivity index (χ1n) is 6.45. The number of nitrogens with zero attached hydrogens (tertiary/aromatic N) is 1. The van der Waals surface area contributed by atoms with Crippen LogP contribution in [-0.4, -0.2) is 29.6 Å². The van der Waals surface area contributed by atoms with Crippen molar-refractivity contribution in [2.24, 2.45) is 5.41 Å². The van der Waals surface area contributed by atoms with Gasteiger partial charge in [0.2, 0.25) is 0 Å². The molecule has 0 bridgehead atoms. The van der Waals surface area contributed by atoms with Gasteiger partial charge in [-0.2, -0.15) is 0 Å². The highest BCUT2D eigenvalue weighted by molar-refractivity contribution is 5.41. The molecule has 0 fully saturated rings. The number of hydrogen-bond acceptors (Lipinski definition) is 3. The highest BCUT2D eigenvalue weighted by atomic mass is 16.3. The van der Waals surface area contributed by atoms with E-state index in [0.717, 1.165) is 5.56 Å². The number of aliphatic hydroxyl groups is 1. The molecular formula is C15H26N2O. The zero-order chi connectivity index (χ0) is 13.9. The van der Waals surface area contributed by atoms with Crippen LogP contribution in [0.5, 0.6) is 0 Å². The predicted octanol–water partition coefficient (Wildman–Crippen LogP) is 2.67. The van der Waals surface area contributed by atoms with E-state index in [0.29, 0.717) is 18.3 Å². The summed E-state index contributed by atoms with van der Waals surface area (Å²) in [7, 11) is 2.05. The monoisotopic (exact) mass is 250 g/mol. The van der Waals surface area contributed by atoms with Gasteiger partial charge in [-0.3, -0.25) is 0 Å². The van der Waals surface area contributed by atoms with Crippen LogP contribution in [0.25, 0.3) is 0 Å². The number of anilines is 1. The van der Waals surface area contributed by atoms with Crippen molar-refractivity contribution < 1.29 is 5.11 Å². The van der Waals surface area contributed by atoms with Crippen molar-refractivity contribution in [2.75, 3.05) is 19.3 Å². The lowest BCUT2D eigenvalue weighted by molar-refractivity contribution is 0.0715. The standard InChI is InChI=1S/C15H26N2O/c1-11(15(2,3)4)17(5)10-14(18)12-7-6-8-13(16)9-12/h6-9,11,14,18H,10,16H2,1-5H3. The molecule has 0 aliphatic heterocycles. The van der Waals surface area contributed by atoms with Crippen LogP contribution in [0, 0.1) is 5.41 Å². The normalized spacial score (nSPS) is 15.7. The molecule has 2 unspecified atom stereocenters. The molecule has 0 aromatic heterocycles. The van der Waals surface area contributed by atoms with Gasteiger partial charge < -0.3 is 15.7 Å². The summed E-state index contributed by atoms with van der Waals surface area (Å²) in [6.07, 6.45) is -0.497. The third-order valence-electron chi connectivity index (χ3n) is 3.67. The zero-order valence-corrected chi connectivity index (χ0v) is 12.1. The molecule has 1 aromatic carbocycles. The van der Waals surface area contributed by atoms with Crippen LogP contribution >= 0.6 is 0 Å². The lowest BCUT2D eigenvalue weighted by atomic mass is 9.87. The third kappa shape index (κ3) is 4.00. The van der Waals surface area contributed by atoms with Gasteiger partial charge in [0.1, 0.15) is 0 Å².